The molecular weight excluding hydrogens is 406 g/mol. The van der Waals surface area contributed by atoms with Gasteiger partial charge in [0.1, 0.15) is 11.8 Å². The maximum Gasteiger partial charge on any atom is 0.181 e. The molecule has 0 spiro atoms. The molecule has 1 atom stereocenters. The van der Waals surface area contributed by atoms with Gasteiger partial charge in [0.05, 0.1) is 15.6 Å². The van der Waals surface area contributed by atoms with Crippen molar-refractivity contribution in [2.24, 2.45) is 0 Å². The summed E-state index contributed by atoms with van der Waals surface area (Å²) in [5.41, 5.74) is 0.795. The molecule has 0 N–H and O–H groups in total. The number of nitriles is 1. The second-order valence-corrected chi connectivity index (χ2v) is 6.03. The molecule has 2 rings (SSSR count). The molecule has 0 radical (unpaired) electrons. The fourth-order valence-electron chi connectivity index (χ4n) is 1.57. The quantitative estimate of drug-likeness (QED) is 0.659. The average Bonchev–Trinajstić information content (AvgIpc) is 2.79. The lowest BCUT2D eigenvalue weighted by Gasteiger charge is -2.11. The number of benzene rings is 1. The third kappa shape index (κ3) is 2.52. The normalized spacial score (nSPS) is 12.4. The molecule has 3 nitrogen and oxygen atoms in total. The number of nitrogens with zero attached hydrogens (tertiary/aromatic N) is 2. The van der Waals surface area contributed by atoms with Crippen LogP contribution in [0, 0.1) is 11.3 Å². The largest absolute Gasteiger partial charge is 0.475 e. The highest BCUT2D eigenvalue weighted by Gasteiger charge is 2.16. The average molecular weight is 413 g/mol. The summed E-state index contributed by atoms with van der Waals surface area (Å²) < 4.78 is 7.44. The molecule has 0 aliphatic carbocycles. The van der Waals surface area contributed by atoms with E-state index in [1.165, 1.54) is 9.12 Å². The van der Waals surface area contributed by atoms with Crippen LogP contribution in [0.3, 0.4) is 0 Å². The molecule has 0 aliphatic rings. The lowest BCUT2D eigenvalue weighted by atomic mass is 10.2. The lowest BCUT2D eigenvalue weighted by Crippen LogP contribution is -2.08. The van der Waals surface area contributed by atoms with Gasteiger partial charge in [0.2, 0.25) is 0 Å². The minimum Gasteiger partial charge on any atom is -0.475 e. The monoisotopic (exact) mass is 412 g/mol. The summed E-state index contributed by atoms with van der Waals surface area (Å²) in [7, 11) is 1.48. The smallest absolute Gasteiger partial charge is 0.181 e. The summed E-state index contributed by atoms with van der Waals surface area (Å²) in [4.78, 5) is 0. The number of ether oxygens (including phenoxy) is 1. The van der Waals surface area contributed by atoms with Crippen LogP contribution in [-0.2, 0) is 0 Å². The van der Waals surface area contributed by atoms with E-state index in [0.29, 0.717) is 15.8 Å². The fraction of sp³-hybridized carbons (Fsp3) is 0.182. The summed E-state index contributed by atoms with van der Waals surface area (Å²) in [6.45, 7) is 1.68. The number of hydrogen-bond donors (Lipinski definition) is 0. The van der Waals surface area contributed by atoms with Gasteiger partial charge >= 0.3 is 0 Å². The van der Waals surface area contributed by atoms with Crippen molar-refractivity contribution in [1.82, 2.24) is 3.97 Å². The van der Waals surface area contributed by atoms with Gasteiger partial charge in [-0.2, -0.15) is 5.26 Å². The molecule has 7 heteroatoms. The first-order chi connectivity index (χ1) is 8.58. The van der Waals surface area contributed by atoms with Crippen LogP contribution in [0.4, 0.5) is 0 Å². The van der Waals surface area contributed by atoms with Gasteiger partial charge < -0.3 is 4.74 Å². The van der Waals surface area contributed by atoms with Gasteiger partial charge in [-0.1, -0.05) is 23.2 Å². The van der Waals surface area contributed by atoms with E-state index in [2.05, 4.69) is 21.2 Å². The minimum atomic E-state index is -0.541. The number of aromatic nitrogens is 1. The first-order valence-corrected chi connectivity index (χ1v) is 9.00. The van der Waals surface area contributed by atoms with Crippen molar-refractivity contribution in [2.75, 3.05) is 0 Å². The van der Waals surface area contributed by atoms with E-state index in [1.54, 1.807) is 13.0 Å². The first-order valence-electron chi connectivity index (χ1n) is 4.93. The summed E-state index contributed by atoms with van der Waals surface area (Å²) in [6.07, 6.45) is 1.34. The van der Waals surface area contributed by atoms with Gasteiger partial charge in [0, 0.05) is 48.0 Å². The Bertz CT molecular complexity index is 638. The van der Waals surface area contributed by atoms with Crippen molar-refractivity contribution in [3.05, 3.63) is 28.4 Å². The summed E-state index contributed by atoms with van der Waals surface area (Å²) in [5.74, 6) is 0.567. The Labute approximate surface area is 131 Å². The molecule has 1 aromatic carbocycles. The van der Waals surface area contributed by atoms with Crippen LogP contribution in [-0.4, -0.2) is 10.1 Å². The molecular formula is C11H7Cl2IN2OS. The van der Waals surface area contributed by atoms with Gasteiger partial charge in [-0.15, -0.1) is 0 Å². The minimum absolute atomic E-state index is 0.412. The molecule has 0 fully saturated rings. The number of hydrogen-bond acceptors (Lipinski definition) is 3. The predicted molar refractivity (Wildman–Crippen MR) is 84.7 cm³/mol. The second kappa shape index (κ2) is 5.78. The van der Waals surface area contributed by atoms with Gasteiger partial charge in [-0.25, -0.2) is 0 Å². The molecule has 2 aromatic rings. The molecule has 94 valence electrons. The predicted octanol–water partition coefficient (Wildman–Crippen LogP) is 5.09. The molecule has 1 heterocycles. The van der Waals surface area contributed by atoms with Crippen LogP contribution < -0.4 is 4.74 Å². The van der Waals surface area contributed by atoms with E-state index in [9.17, 15) is 0 Å². The first kappa shape index (κ1) is 14.1. The van der Waals surface area contributed by atoms with Gasteiger partial charge in [0.25, 0.3) is 0 Å². The van der Waals surface area contributed by atoms with Crippen molar-refractivity contribution in [3.63, 3.8) is 0 Å². The van der Waals surface area contributed by atoms with Crippen LogP contribution in [0.5, 0.6) is 5.75 Å². The van der Waals surface area contributed by atoms with Crippen molar-refractivity contribution >= 4 is 64.4 Å². The van der Waals surface area contributed by atoms with Gasteiger partial charge in [0.15, 0.2) is 6.10 Å². The Hall–Kier alpha value is -0.290. The van der Waals surface area contributed by atoms with Crippen LogP contribution >= 0.6 is 53.5 Å². The molecule has 0 saturated heterocycles. The third-order valence-corrected chi connectivity index (χ3v) is 4.86. The number of halogens is 3. The Balaban J connectivity index is 2.65. The van der Waals surface area contributed by atoms with E-state index < -0.39 is 6.10 Å². The lowest BCUT2D eigenvalue weighted by molar-refractivity contribution is 0.280. The molecule has 0 saturated carbocycles. The van der Waals surface area contributed by atoms with Crippen LogP contribution in [0.1, 0.15) is 6.92 Å². The van der Waals surface area contributed by atoms with Crippen LogP contribution in [0.2, 0.25) is 10.0 Å². The van der Waals surface area contributed by atoms with Crippen molar-refractivity contribution in [2.45, 2.75) is 13.0 Å². The molecule has 1 aromatic heterocycles. The molecule has 0 aliphatic heterocycles. The van der Waals surface area contributed by atoms with Crippen molar-refractivity contribution in [1.29, 1.82) is 5.26 Å². The Morgan fingerprint density at radius 3 is 2.89 bits per heavy atom. The molecule has 0 bridgehead atoms. The highest BCUT2D eigenvalue weighted by atomic mass is 127. The zero-order valence-electron chi connectivity index (χ0n) is 9.15. The van der Waals surface area contributed by atoms with E-state index in [-0.39, 0.29) is 0 Å². The maximum atomic E-state index is 8.80. The molecule has 1 unspecified atom stereocenters. The van der Waals surface area contributed by atoms with Crippen molar-refractivity contribution in [3.8, 4) is 11.8 Å². The van der Waals surface area contributed by atoms with Crippen molar-refractivity contribution < 1.29 is 4.74 Å². The number of fused-ring (bicyclic) bond motifs is 1. The summed E-state index contributed by atoms with van der Waals surface area (Å²) in [6, 6.07) is 5.55. The van der Waals surface area contributed by atoms with Gasteiger partial charge in [-0.05, 0) is 13.0 Å². The van der Waals surface area contributed by atoms with E-state index in [1.807, 2.05) is 22.3 Å². The Morgan fingerprint density at radius 2 is 2.28 bits per heavy atom. The zero-order chi connectivity index (χ0) is 13.3. The fourth-order valence-corrected chi connectivity index (χ4v) is 3.41. The maximum absolute atomic E-state index is 8.80. The molecule has 18 heavy (non-hydrogen) atoms. The topological polar surface area (TPSA) is 37.9 Å². The zero-order valence-corrected chi connectivity index (χ0v) is 13.6. The highest BCUT2D eigenvalue weighted by Crippen LogP contribution is 2.40. The SMILES string of the molecule is CC(C#N)Oc1cc(Cl)c(Cl)c2c1ccn2SI. The third-order valence-electron chi connectivity index (χ3n) is 2.35. The van der Waals surface area contributed by atoms with E-state index >= 15 is 0 Å². The standard InChI is InChI=1S/C11H7Cl2IN2OS/c1-6(5-15)17-9-4-8(12)10(13)11-7(9)2-3-16(11)18-14/h2-4,6H,1H3. The Kier molecular flexibility index (Phi) is 4.54. The summed E-state index contributed by atoms with van der Waals surface area (Å²) in [5, 5.41) is 10.5. The second-order valence-electron chi connectivity index (χ2n) is 3.53. The van der Waals surface area contributed by atoms with Gasteiger partial charge in [-0.3, -0.25) is 3.97 Å². The summed E-state index contributed by atoms with van der Waals surface area (Å²) >= 11 is 14.4. The van der Waals surface area contributed by atoms with E-state index in [0.717, 1.165) is 10.9 Å². The molecule has 0 amide bonds. The van der Waals surface area contributed by atoms with Crippen LogP contribution in [0.15, 0.2) is 18.3 Å². The number of rotatable bonds is 3. The highest BCUT2D eigenvalue weighted by molar-refractivity contribution is 14.2. The van der Waals surface area contributed by atoms with Crippen LogP contribution in [0.25, 0.3) is 10.9 Å². The van der Waals surface area contributed by atoms with E-state index in [4.69, 9.17) is 33.2 Å². The Morgan fingerprint density at radius 1 is 1.56 bits per heavy atom.